The van der Waals surface area contributed by atoms with Gasteiger partial charge in [0.2, 0.25) is 5.91 Å². The van der Waals surface area contributed by atoms with Crippen LogP contribution in [-0.2, 0) is 4.79 Å². The maximum Gasteiger partial charge on any atom is 0.255 e. The molecule has 2 aromatic heterocycles. The molecule has 26 heavy (non-hydrogen) atoms. The predicted octanol–water partition coefficient (Wildman–Crippen LogP) is 0.931. The summed E-state index contributed by atoms with van der Waals surface area (Å²) < 4.78 is 0. The Morgan fingerprint density at radius 1 is 1.35 bits per heavy atom. The maximum atomic E-state index is 12.3. The number of hydrogen-bond donors (Lipinski definition) is 2. The minimum atomic E-state index is -0.157. The van der Waals surface area contributed by atoms with E-state index < -0.39 is 0 Å². The second-order valence-corrected chi connectivity index (χ2v) is 7.51. The van der Waals surface area contributed by atoms with Crippen LogP contribution < -0.4 is 10.2 Å². The summed E-state index contributed by atoms with van der Waals surface area (Å²) in [6.07, 6.45) is 4.73. The summed E-state index contributed by atoms with van der Waals surface area (Å²) in [5.41, 5.74) is 1.85. The van der Waals surface area contributed by atoms with E-state index in [2.05, 4.69) is 31.7 Å². The van der Waals surface area contributed by atoms with E-state index in [1.165, 1.54) is 6.08 Å². The number of H-pyrrole nitrogens is 1. The molecule has 2 amide bonds. The first-order valence-electron chi connectivity index (χ1n) is 8.72. The largest absolute Gasteiger partial charge is 0.354 e. The molecule has 2 aliphatic rings. The number of nitrogens with one attached hydrogen (secondary N) is 2. The molecule has 2 N–H and O–H groups in total. The first kappa shape index (κ1) is 16.6. The van der Waals surface area contributed by atoms with Gasteiger partial charge in [0.25, 0.3) is 5.91 Å². The van der Waals surface area contributed by atoms with Crippen LogP contribution in [0, 0.1) is 5.41 Å². The van der Waals surface area contributed by atoms with Gasteiger partial charge in [0.1, 0.15) is 11.3 Å². The Morgan fingerprint density at radius 2 is 2.08 bits per heavy atom. The van der Waals surface area contributed by atoms with Gasteiger partial charge in [-0.25, -0.2) is 9.97 Å². The van der Waals surface area contributed by atoms with Gasteiger partial charge in [-0.2, -0.15) is 0 Å². The Bertz CT molecular complexity index is 888. The number of rotatable bonds is 4. The fourth-order valence-electron chi connectivity index (χ4n) is 3.72. The lowest BCUT2D eigenvalue weighted by Crippen LogP contribution is -2.73. The van der Waals surface area contributed by atoms with Crippen LogP contribution in [0.3, 0.4) is 0 Å². The van der Waals surface area contributed by atoms with Crippen LogP contribution in [0.25, 0.3) is 11.2 Å². The van der Waals surface area contributed by atoms with Crippen LogP contribution in [0.5, 0.6) is 0 Å². The first-order chi connectivity index (χ1) is 12.4. The molecule has 0 aromatic carbocycles. The van der Waals surface area contributed by atoms with Gasteiger partial charge >= 0.3 is 0 Å². The molecule has 0 unspecified atom stereocenters. The summed E-state index contributed by atoms with van der Waals surface area (Å²) in [7, 11) is 0. The van der Waals surface area contributed by atoms with E-state index in [9.17, 15) is 9.59 Å². The van der Waals surface area contributed by atoms with Gasteiger partial charge in [-0.1, -0.05) is 6.58 Å². The molecule has 136 valence electrons. The monoisotopic (exact) mass is 354 g/mol. The van der Waals surface area contributed by atoms with Crippen molar-refractivity contribution < 1.29 is 9.59 Å². The molecule has 2 fully saturated rings. The average Bonchev–Trinajstić information content (AvgIpc) is 2.94. The molecule has 8 heteroatoms. The maximum absolute atomic E-state index is 12.3. The van der Waals surface area contributed by atoms with Gasteiger partial charge in [0, 0.05) is 43.8 Å². The molecule has 0 aliphatic carbocycles. The third-order valence-corrected chi connectivity index (χ3v) is 4.95. The minimum absolute atomic E-state index is 0.0107. The minimum Gasteiger partial charge on any atom is -0.354 e. The normalized spacial score (nSPS) is 18.0. The molecule has 0 atom stereocenters. The number of likely N-dealkylation sites (tertiary alicyclic amines) is 1. The van der Waals surface area contributed by atoms with Crippen molar-refractivity contribution in [1.82, 2.24) is 25.2 Å². The van der Waals surface area contributed by atoms with E-state index in [0.717, 1.165) is 32.0 Å². The highest BCUT2D eigenvalue weighted by atomic mass is 16.2. The quantitative estimate of drug-likeness (QED) is 0.797. The molecular formula is C18H22N6O2. The molecule has 4 heterocycles. The lowest BCUT2D eigenvalue weighted by atomic mass is 9.73. The number of aromatic nitrogens is 3. The number of amides is 2. The standard InChI is InChI=1S/C18H22N6O2/c1-4-14(25)24-9-18(10-24)7-23(8-18)13-6-20-16-15(22-13)12(5-19-16)17(26)21-11(2)3/h4-6,11H,1,7-10H2,2-3H3,(H,19,20)(H,21,26). The number of fused-ring (bicyclic) bond motifs is 1. The summed E-state index contributed by atoms with van der Waals surface area (Å²) in [6.45, 7) is 10.6. The zero-order valence-electron chi connectivity index (χ0n) is 15.0. The van der Waals surface area contributed by atoms with Crippen molar-refractivity contribution in [2.75, 3.05) is 31.1 Å². The van der Waals surface area contributed by atoms with E-state index in [4.69, 9.17) is 0 Å². The van der Waals surface area contributed by atoms with Crippen molar-refractivity contribution in [2.24, 2.45) is 5.41 Å². The Balaban J connectivity index is 1.48. The van der Waals surface area contributed by atoms with Gasteiger partial charge in [0.05, 0.1) is 11.8 Å². The van der Waals surface area contributed by atoms with Gasteiger partial charge in [-0.05, 0) is 19.9 Å². The molecule has 8 nitrogen and oxygen atoms in total. The number of hydrogen-bond acceptors (Lipinski definition) is 5. The van der Waals surface area contributed by atoms with Crippen LogP contribution >= 0.6 is 0 Å². The Labute approximate surface area is 151 Å². The Kier molecular flexibility index (Phi) is 3.71. The van der Waals surface area contributed by atoms with E-state index in [1.54, 1.807) is 17.3 Å². The van der Waals surface area contributed by atoms with Crippen LogP contribution in [0.1, 0.15) is 24.2 Å². The number of carbonyl (C=O) groups excluding carboxylic acids is 2. The highest BCUT2D eigenvalue weighted by Gasteiger charge is 2.53. The number of anilines is 1. The lowest BCUT2D eigenvalue weighted by Gasteiger charge is -2.60. The second-order valence-electron chi connectivity index (χ2n) is 7.51. The fraction of sp³-hybridized carbons (Fsp3) is 0.444. The molecule has 0 radical (unpaired) electrons. The summed E-state index contributed by atoms with van der Waals surface area (Å²) in [5, 5.41) is 2.88. The van der Waals surface area contributed by atoms with E-state index in [1.807, 2.05) is 13.8 Å². The zero-order valence-corrected chi connectivity index (χ0v) is 15.0. The van der Waals surface area contributed by atoms with Crippen molar-refractivity contribution >= 4 is 28.8 Å². The van der Waals surface area contributed by atoms with Gasteiger partial charge in [0.15, 0.2) is 5.65 Å². The molecule has 2 aliphatic heterocycles. The second kappa shape index (κ2) is 5.82. The van der Waals surface area contributed by atoms with Gasteiger partial charge in [-0.3, -0.25) is 9.59 Å². The molecular weight excluding hydrogens is 332 g/mol. The van der Waals surface area contributed by atoms with E-state index in [-0.39, 0.29) is 23.3 Å². The molecule has 2 aromatic rings. The highest BCUT2D eigenvalue weighted by Crippen LogP contribution is 2.41. The third-order valence-electron chi connectivity index (χ3n) is 4.95. The topological polar surface area (TPSA) is 94.2 Å². The number of nitrogens with zero attached hydrogens (tertiary/aromatic N) is 4. The van der Waals surface area contributed by atoms with Crippen LogP contribution in [-0.4, -0.2) is 63.9 Å². The SMILES string of the molecule is C=CC(=O)N1CC2(C1)CN(c1cnc3[nH]cc(C(=O)NC(C)C)c3n1)C2. The Hall–Kier alpha value is -2.90. The lowest BCUT2D eigenvalue weighted by molar-refractivity contribution is -0.139. The third kappa shape index (κ3) is 2.61. The highest BCUT2D eigenvalue weighted by molar-refractivity contribution is 6.04. The molecule has 0 saturated carbocycles. The first-order valence-corrected chi connectivity index (χ1v) is 8.72. The smallest absolute Gasteiger partial charge is 0.255 e. The van der Waals surface area contributed by atoms with Crippen molar-refractivity contribution in [3.63, 3.8) is 0 Å². The zero-order chi connectivity index (χ0) is 18.5. The summed E-state index contributed by atoms with van der Waals surface area (Å²) >= 11 is 0. The molecule has 0 bridgehead atoms. The number of aromatic amines is 1. The van der Waals surface area contributed by atoms with Gasteiger partial charge in [-0.15, -0.1) is 0 Å². The van der Waals surface area contributed by atoms with Crippen molar-refractivity contribution in [3.05, 3.63) is 30.6 Å². The van der Waals surface area contributed by atoms with E-state index >= 15 is 0 Å². The van der Waals surface area contributed by atoms with Crippen molar-refractivity contribution in [2.45, 2.75) is 19.9 Å². The summed E-state index contributed by atoms with van der Waals surface area (Å²) in [5.74, 6) is 0.591. The van der Waals surface area contributed by atoms with E-state index in [0.29, 0.717) is 16.7 Å². The summed E-state index contributed by atoms with van der Waals surface area (Å²) in [6, 6.07) is 0.0543. The molecule has 4 rings (SSSR count). The average molecular weight is 354 g/mol. The predicted molar refractivity (Wildman–Crippen MR) is 97.9 cm³/mol. The molecule has 1 spiro atoms. The van der Waals surface area contributed by atoms with Gasteiger partial charge < -0.3 is 20.1 Å². The van der Waals surface area contributed by atoms with Crippen LogP contribution in [0.15, 0.2) is 25.0 Å². The fourth-order valence-corrected chi connectivity index (χ4v) is 3.72. The number of carbonyl (C=O) groups is 2. The van der Waals surface area contributed by atoms with Crippen molar-refractivity contribution in [1.29, 1.82) is 0 Å². The van der Waals surface area contributed by atoms with Crippen molar-refractivity contribution in [3.8, 4) is 0 Å². The van der Waals surface area contributed by atoms with Crippen LogP contribution in [0.2, 0.25) is 0 Å². The summed E-state index contributed by atoms with van der Waals surface area (Å²) in [4.78, 5) is 39.9. The Morgan fingerprint density at radius 3 is 2.73 bits per heavy atom. The van der Waals surface area contributed by atoms with Crippen LogP contribution in [0.4, 0.5) is 5.82 Å². The molecule has 2 saturated heterocycles.